The lowest BCUT2D eigenvalue weighted by molar-refractivity contribution is -0.124. The highest BCUT2D eigenvalue weighted by atomic mass is 35.5. The molecule has 2 aromatic carbocycles. The van der Waals surface area contributed by atoms with Crippen molar-refractivity contribution in [3.05, 3.63) is 58.4 Å². The van der Waals surface area contributed by atoms with Gasteiger partial charge in [-0.05, 0) is 62.1 Å². The Bertz CT molecular complexity index is 1350. The summed E-state index contributed by atoms with van der Waals surface area (Å²) >= 11 is 6.23. The normalized spacial score (nSPS) is 24.4. The highest BCUT2D eigenvalue weighted by molar-refractivity contribution is 7.92. The number of anilines is 1. The van der Waals surface area contributed by atoms with Crippen LogP contribution >= 0.6 is 11.6 Å². The standard InChI is InChI=1S/C26H28ClF3N2O6S/c27-19-6-3-14(25(35)32-17-11-20(28)24(30)21(29)12-17)8-22(19)39(37,38)18-9-15-4-5-16(10-18)26(15,36)13-31-23(34)2-1-7-33/h3,6,8,11-12,15-16,18,33,36H,1-2,4-5,7,9-10,13H2,(H,31,34)(H,32,35)/t15-,16?,18-,26-/m0/s1. The van der Waals surface area contributed by atoms with E-state index in [1.807, 2.05) is 0 Å². The minimum absolute atomic E-state index is 0.0135. The zero-order chi connectivity index (χ0) is 28.5. The zero-order valence-corrected chi connectivity index (χ0v) is 22.3. The number of halogens is 4. The van der Waals surface area contributed by atoms with E-state index < -0.39 is 44.0 Å². The molecule has 2 aromatic rings. The van der Waals surface area contributed by atoms with E-state index in [4.69, 9.17) is 16.7 Å². The molecule has 0 heterocycles. The number of fused-ring (bicyclic) bond motifs is 2. The predicted molar refractivity (Wildman–Crippen MR) is 136 cm³/mol. The van der Waals surface area contributed by atoms with Gasteiger partial charge in [-0.2, -0.15) is 0 Å². The van der Waals surface area contributed by atoms with Gasteiger partial charge in [0, 0.05) is 43.0 Å². The molecule has 13 heteroatoms. The van der Waals surface area contributed by atoms with Gasteiger partial charge in [-0.25, -0.2) is 21.6 Å². The lowest BCUT2D eigenvalue weighted by Crippen LogP contribution is -2.54. The molecule has 2 aliphatic rings. The van der Waals surface area contributed by atoms with Crippen molar-refractivity contribution in [1.82, 2.24) is 5.32 Å². The number of amides is 2. The Morgan fingerprint density at radius 2 is 1.67 bits per heavy atom. The van der Waals surface area contributed by atoms with Gasteiger partial charge in [-0.15, -0.1) is 0 Å². The summed E-state index contributed by atoms with van der Waals surface area (Å²) in [6.07, 6.45) is 1.84. The molecule has 0 radical (unpaired) electrons. The van der Waals surface area contributed by atoms with Crippen molar-refractivity contribution in [2.75, 3.05) is 18.5 Å². The van der Waals surface area contributed by atoms with Crippen molar-refractivity contribution in [3.63, 3.8) is 0 Å². The fourth-order valence-corrected chi connectivity index (χ4v) is 8.00. The quantitative estimate of drug-likeness (QED) is 0.331. The van der Waals surface area contributed by atoms with Crippen LogP contribution in [-0.4, -0.2) is 54.4 Å². The molecule has 2 saturated carbocycles. The molecule has 2 bridgehead atoms. The molecule has 2 amide bonds. The molecule has 0 aromatic heterocycles. The van der Waals surface area contributed by atoms with Crippen LogP contribution in [0.25, 0.3) is 0 Å². The molecule has 4 rings (SSSR count). The van der Waals surface area contributed by atoms with Crippen LogP contribution < -0.4 is 10.6 Å². The van der Waals surface area contributed by atoms with Gasteiger partial charge in [-0.1, -0.05) is 11.6 Å². The minimum atomic E-state index is -4.07. The molecular formula is C26H28ClF3N2O6S. The molecule has 2 aliphatic carbocycles. The largest absolute Gasteiger partial charge is 0.396 e. The summed E-state index contributed by atoms with van der Waals surface area (Å²) in [6, 6.07) is 4.74. The van der Waals surface area contributed by atoms with E-state index in [1.54, 1.807) is 0 Å². The van der Waals surface area contributed by atoms with E-state index in [9.17, 15) is 36.3 Å². The van der Waals surface area contributed by atoms with Gasteiger partial charge in [0.15, 0.2) is 27.3 Å². The molecule has 4 N–H and O–H groups in total. The second-order valence-electron chi connectivity index (χ2n) is 10.1. The number of carbonyl (C=O) groups excluding carboxylic acids is 2. The summed E-state index contributed by atoms with van der Waals surface area (Å²) in [5.74, 6) is -6.65. The highest BCUT2D eigenvalue weighted by Gasteiger charge is 2.55. The second kappa shape index (κ2) is 11.4. The molecule has 8 nitrogen and oxygen atoms in total. The summed E-state index contributed by atoms with van der Waals surface area (Å²) in [5.41, 5.74) is -1.77. The molecule has 0 spiro atoms. The average Bonchev–Trinajstić information content (AvgIpc) is 3.05. The van der Waals surface area contributed by atoms with E-state index in [0.29, 0.717) is 31.4 Å². The smallest absolute Gasteiger partial charge is 0.255 e. The molecular weight excluding hydrogens is 561 g/mol. The lowest BCUT2D eigenvalue weighted by Gasteiger charge is -2.42. The van der Waals surface area contributed by atoms with Gasteiger partial charge in [-0.3, -0.25) is 9.59 Å². The van der Waals surface area contributed by atoms with Crippen molar-refractivity contribution in [3.8, 4) is 0 Å². The average molecular weight is 589 g/mol. The Labute approximate surface area is 228 Å². The maximum atomic E-state index is 13.7. The van der Waals surface area contributed by atoms with Crippen LogP contribution in [0.5, 0.6) is 0 Å². The van der Waals surface area contributed by atoms with Crippen molar-refractivity contribution in [2.24, 2.45) is 11.8 Å². The van der Waals surface area contributed by atoms with Crippen LogP contribution in [0.15, 0.2) is 35.2 Å². The Balaban J connectivity index is 1.51. The topological polar surface area (TPSA) is 133 Å². The highest BCUT2D eigenvalue weighted by Crippen LogP contribution is 2.52. The zero-order valence-electron chi connectivity index (χ0n) is 20.7. The fraction of sp³-hybridized carbons (Fsp3) is 0.462. The summed E-state index contributed by atoms with van der Waals surface area (Å²) < 4.78 is 67.6. The molecule has 4 atom stereocenters. The number of aliphatic hydroxyl groups is 2. The predicted octanol–water partition coefficient (Wildman–Crippen LogP) is 3.59. The van der Waals surface area contributed by atoms with Crippen LogP contribution in [0.3, 0.4) is 0 Å². The van der Waals surface area contributed by atoms with E-state index in [1.165, 1.54) is 12.1 Å². The number of aliphatic hydroxyl groups excluding tert-OH is 1. The molecule has 0 saturated heterocycles. The van der Waals surface area contributed by atoms with Gasteiger partial charge < -0.3 is 20.8 Å². The van der Waals surface area contributed by atoms with E-state index in [2.05, 4.69) is 10.6 Å². The molecule has 1 unspecified atom stereocenters. The summed E-state index contributed by atoms with van der Waals surface area (Å²) in [5, 5.41) is 24.1. The van der Waals surface area contributed by atoms with Gasteiger partial charge in [0.25, 0.3) is 5.91 Å². The first-order chi connectivity index (χ1) is 18.4. The van der Waals surface area contributed by atoms with Crippen molar-refractivity contribution < 1.29 is 41.4 Å². The van der Waals surface area contributed by atoms with Crippen LogP contribution in [0.4, 0.5) is 18.9 Å². The monoisotopic (exact) mass is 588 g/mol. The fourth-order valence-electron chi connectivity index (χ4n) is 5.59. The Morgan fingerprint density at radius 1 is 1.05 bits per heavy atom. The number of nitrogens with one attached hydrogen (secondary N) is 2. The summed E-state index contributed by atoms with van der Waals surface area (Å²) in [7, 11) is -4.07. The number of hydrogen-bond acceptors (Lipinski definition) is 6. The Hall–Kier alpha value is -2.67. The van der Waals surface area contributed by atoms with E-state index >= 15 is 0 Å². The number of carbonyl (C=O) groups is 2. The number of rotatable bonds is 9. The van der Waals surface area contributed by atoms with Gasteiger partial charge in [0.05, 0.1) is 20.8 Å². The van der Waals surface area contributed by atoms with Gasteiger partial charge >= 0.3 is 0 Å². The number of sulfone groups is 1. The molecule has 39 heavy (non-hydrogen) atoms. The maximum Gasteiger partial charge on any atom is 0.255 e. The number of hydrogen-bond donors (Lipinski definition) is 4. The van der Waals surface area contributed by atoms with Crippen molar-refractivity contribution in [1.29, 1.82) is 0 Å². The first-order valence-corrected chi connectivity index (χ1v) is 14.4. The maximum absolute atomic E-state index is 13.7. The number of benzene rings is 2. The van der Waals surface area contributed by atoms with E-state index in [-0.39, 0.29) is 71.3 Å². The van der Waals surface area contributed by atoms with Crippen LogP contribution in [0.2, 0.25) is 5.02 Å². The lowest BCUT2D eigenvalue weighted by atomic mass is 9.74. The third kappa shape index (κ3) is 5.93. The van der Waals surface area contributed by atoms with Crippen molar-refractivity contribution >= 4 is 38.9 Å². The molecule has 212 valence electrons. The SMILES string of the molecule is O=C(CCCO)NC[C@@]1(O)C2CC[C@H]1C[C@H](S(=O)(=O)c1cc(C(=O)Nc3cc(F)c(F)c(F)c3)ccc1Cl)C2. The molecule has 0 aliphatic heterocycles. The van der Waals surface area contributed by atoms with Gasteiger partial charge in [0.2, 0.25) is 5.91 Å². The van der Waals surface area contributed by atoms with Crippen molar-refractivity contribution in [2.45, 2.75) is 54.3 Å². The van der Waals surface area contributed by atoms with E-state index in [0.717, 1.165) is 6.07 Å². The Kier molecular flexibility index (Phi) is 8.60. The van der Waals surface area contributed by atoms with Crippen LogP contribution in [0.1, 0.15) is 48.9 Å². The third-order valence-electron chi connectivity index (χ3n) is 7.68. The minimum Gasteiger partial charge on any atom is -0.396 e. The Morgan fingerprint density at radius 3 is 2.26 bits per heavy atom. The van der Waals surface area contributed by atoms with Crippen LogP contribution in [-0.2, 0) is 14.6 Å². The van der Waals surface area contributed by atoms with Gasteiger partial charge in [0.1, 0.15) is 0 Å². The summed E-state index contributed by atoms with van der Waals surface area (Å²) in [4.78, 5) is 24.4. The van der Waals surface area contributed by atoms with Crippen LogP contribution in [0, 0.1) is 29.3 Å². The second-order valence-corrected chi connectivity index (χ2v) is 12.7. The molecule has 2 fully saturated rings. The first-order valence-electron chi connectivity index (χ1n) is 12.5. The summed E-state index contributed by atoms with van der Waals surface area (Å²) in [6.45, 7) is -0.141. The first kappa shape index (κ1) is 29.3. The third-order valence-corrected chi connectivity index (χ3v) is 10.3.